The summed E-state index contributed by atoms with van der Waals surface area (Å²) in [6.45, 7) is 4.33. The number of hydrogen-bond acceptors (Lipinski definition) is 6. The van der Waals surface area contributed by atoms with E-state index < -0.39 is 0 Å². The second-order valence-electron chi connectivity index (χ2n) is 11.2. The Hall–Kier alpha value is -3.68. The smallest absolute Gasteiger partial charge is 0.309 e. The summed E-state index contributed by atoms with van der Waals surface area (Å²) in [6, 6.07) is 13.9. The average molecular weight is 532 g/mol. The van der Waals surface area contributed by atoms with E-state index in [1.165, 1.54) is 12.1 Å². The van der Waals surface area contributed by atoms with E-state index in [9.17, 15) is 14.4 Å². The van der Waals surface area contributed by atoms with E-state index in [0.717, 1.165) is 53.6 Å². The third-order valence-electron chi connectivity index (χ3n) is 8.15. The van der Waals surface area contributed by atoms with Crippen molar-refractivity contribution in [1.82, 2.24) is 5.01 Å². The Kier molecular flexibility index (Phi) is 8.00. The average Bonchev–Trinajstić information content (AvgIpc) is 3.61. The van der Waals surface area contributed by atoms with E-state index in [2.05, 4.69) is 10.4 Å². The van der Waals surface area contributed by atoms with Crippen LogP contribution < -0.4 is 5.32 Å². The van der Waals surface area contributed by atoms with Crippen molar-refractivity contribution in [3.05, 3.63) is 64.7 Å². The second kappa shape index (κ2) is 11.6. The highest BCUT2D eigenvalue weighted by atomic mass is 16.5. The van der Waals surface area contributed by atoms with Gasteiger partial charge in [-0.05, 0) is 59.9 Å². The maximum Gasteiger partial charge on any atom is 0.309 e. The fourth-order valence-electron chi connectivity index (χ4n) is 6.06. The zero-order valence-corrected chi connectivity index (χ0v) is 22.9. The molecule has 0 spiro atoms. The van der Waals surface area contributed by atoms with E-state index in [1.54, 1.807) is 0 Å². The number of carbonyl (C=O) groups is 3. The molecule has 2 aliphatic carbocycles. The zero-order valence-electron chi connectivity index (χ0n) is 22.9. The molecule has 1 saturated carbocycles. The number of esters is 1. The number of nitrogens with one attached hydrogen (secondary N) is 1. The van der Waals surface area contributed by atoms with Crippen molar-refractivity contribution in [1.29, 1.82) is 0 Å². The Morgan fingerprint density at radius 2 is 1.85 bits per heavy atom. The number of amides is 2. The number of hydrazone groups is 1. The van der Waals surface area contributed by atoms with Gasteiger partial charge >= 0.3 is 5.97 Å². The van der Waals surface area contributed by atoms with Gasteiger partial charge in [-0.15, -0.1) is 5.10 Å². The minimum atomic E-state index is -0.272. The molecular weight excluding hydrogens is 494 g/mol. The molecule has 8 heteroatoms. The normalized spacial score (nSPS) is 19.9. The van der Waals surface area contributed by atoms with Crippen molar-refractivity contribution in [3.8, 4) is 0 Å². The number of carbonyl (C=O) groups excluding carboxylic acids is 3. The summed E-state index contributed by atoms with van der Waals surface area (Å²) in [7, 11) is 1.42. The lowest BCUT2D eigenvalue weighted by Crippen LogP contribution is -2.37. The van der Waals surface area contributed by atoms with Crippen LogP contribution in [0.4, 0.5) is 5.69 Å². The molecule has 1 N–H and O–H groups in total. The summed E-state index contributed by atoms with van der Waals surface area (Å²) in [5, 5.41) is 9.07. The molecule has 206 valence electrons. The highest BCUT2D eigenvalue weighted by Gasteiger charge is 2.34. The van der Waals surface area contributed by atoms with Gasteiger partial charge in [-0.1, -0.05) is 63.1 Å². The number of ether oxygens (including phenoxy) is 2. The van der Waals surface area contributed by atoms with Crippen molar-refractivity contribution in [3.63, 3.8) is 0 Å². The highest BCUT2D eigenvalue weighted by Crippen LogP contribution is 2.39. The van der Waals surface area contributed by atoms with Gasteiger partial charge in [-0.2, -0.15) is 0 Å². The van der Waals surface area contributed by atoms with Crippen LogP contribution in [-0.2, 0) is 43.2 Å². The molecule has 2 atom stereocenters. The van der Waals surface area contributed by atoms with E-state index in [1.807, 2.05) is 56.3 Å². The molecule has 0 saturated heterocycles. The van der Waals surface area contributed by atoms with Crippen LogP contribution in [0.15, 0.2) is 47.6 Å². The Balaban J connectivity index is 1.34. The Morgan fingerprint density at radius 3 is 2.54 bits per heavy atom. The molecule has 2 amide bonds. The van der Waals surface area contributed by atoms with Crippen LogP contribution in [0, 0.1) is 17.8 Å². The van der Waals surface area contributed by atoms with Crippen molar-refractivity contribution in [2.24, 2.45) is 22.9 Å². The minimum Gasteiger partial charge on any atom is -0.469 e. The van der Waals surface area contributed by atoms with Gasteiger partial charge < -0.3 is 14.8 Å². The van der Waals surface area contributed by atoms with Gasteiger partial charge in [0.1, 0.15) is 0 Å². The fraction of sp³-hybridized carbons (Fsp3) is 0.484. The van der Waals surface area contributed by atoms with Crippen molar-refractivity contribution >= 4 is 29.4 Å². The molecule has 2 aromatic carbocycles. The van der Waals surface area contributed by atoms with Crippen molar-refractivity contribution in [2.45, 2.75) is 64.8 Å². The van der Waals surface area contributed by atoms with E-state index in [-0.39, 0.29) is 48.1 Å². The molecule has 1 aliphatic heterocycles. The summed E-state index contributed by atoms with van der Waals surface area (Å²) < 4.78 is 10.4. The first-order chi connectivity index (χ1) is 18.8. The van der Waals surface area contributed by atoms with Crippen molar-refractivity contribution < 1.29 is 23.9 Å². The summed E-state index contributed by atoms with van der Waals surface area (Å²) in [6.07, 6.45) is 5.50. The van der Waals surface area contributed by atoms with E-state index in [0.29, 0.717) is 25.3 Å². The standard InChI is InChI=1S/C31H37N3O5/c1-19(2)30-33-34(27(35)18-39-30)17-20-11-13-22(14-12-20)28(21-7-4-5-8-21)29(36)32-26-10-6-9-23-15-24(16-25(23)26)31(37)38-3/h6,9-14,19,21,24,28H,4-5,7-8,15-18H2,1-3H3,(H,32,36). The first-order valence-electron chi connectivity index (χ1n) is 13.9. The first-order valence-corrected chi connectivity index (χ1v) is 13.9. The van der Waals surface area contributed by atoms with Gasteiger partial charge in [0.05, 0.1) is 25.5 Å². The quantitative estimate of drug-likeness (QED) is 0.493. The highest BCUT2D eigenvalue weighted by molar-refractivity contribution is 5.97. The van der Waals surface area contributed by atoms with Crippen molar-refractivity contribution in [2.75, 3.05) is 19.0 Å². The number of hydrogen-bond donors (Lipinski definition) is 1. The third kappa shape index (κ3) is 5.84. The van der Waals surface area contributed by atoms with E-state index in [4.69, 9.17) is 9.47 Å². The van der Waals surface area contributed by atoms with Crippen LogP contribution in [-0.4, -0.2) is 42.4 Å². The van der Waals surface area contributed by atoms with Crippen LogP contribution in [0.1, 0.15) is 67.7 Å². The van der Waals surface area contributed by atoms with Crippen LogP contribution in [0.25, 0.3) is 0 Å². The predicted molar refractivity (Wildman–Crippen MR) is 148 cm³/mol. The van der Waals surface area contributed by atoms with Gasteiger partial charge in [0.2, 0.25) is 11.8 Å². The van der Waals surface area contributed by atoms with Gasteiger partial charge in [-0.25, -0.2) is 5.01 Å². The molecule has 5 rings (SSSR count). The summed E-state index contributed by atoms with van der Waals surface area (Å²) >= 11 is 0. The number of fused-ring (bicyclic) bond motifs is 1. The number of benzene rings is 2. The Bertz CT molecular complexity index is 1260. The van der Waals surface area contributed by atoms with E-state index >= 15 is 0 Å². The lowest BCUT2D eigenvalue weighted by molar-refractivity contribution is -0.145. The van der Waals surface area contributed by atoms with Gasteiger partial charge in [0.25, 0.3) is 5.91 Å². The molecule has 0 radical (unpaired) electrons. The zero-order chi connectivity index (χ0) is 27.5. The molecule has 2 aromatic rings. The number of rotatable bonds is 8. The Morgan fingerprint density at radius 1 is 1.10 bits per heavy atom. The SMILES string of the molecule is COC(=O)C1Cc2cccc(NC(=O)C(c3ccc(CN4N=C(C(C)C)OCC4=O)cc3)C3CCCC3)c2C1. The van der Waals surface area contributed by atoms with Crippen LogP contribution in [0.2, 0.25) is 0 Å². The molecule has 2 unspecified atom stereocenters. The van der Waals surface area contributed by atoms with Gasteiger partial charge in [-0.3, -0.25) is 14.4 Å². The molecule has 0 aromatic heterocycles. The molecule has 0 bridgehead atoms. The topological polar surface area (TPSA) is 97.3 Å². The minimum absolute atomic E-state index is 0.00257. The molecule has 8 nitrogen and oxygen atoms in total. The lowest BCUT2D eigenvalue weighted by Gasteiger charge is -2.26. The van der Waals surface area contributed by atoms with Crippen LogP contribution in [0.3, 0.4) is 0 Å². The Labute approximate surface area is 229 Å². The largest absolute Gasteiger partial charge is 0.469 e. The third-order valence-corrected chi connectivity index (χ3v) is 8.15. The number of anilines is 1. The number of nitrogens with zero attached hydrogens (tertiary/aromatic N) is 2. The first kappa shape index (κ1) is 26.9. The van der Waals surface area contributed by atoms with Crippen LogP contribution in [0.5, 0.6) is 0 Å². The predicted octanol–water partition coefficient (Wildman–Crippen LogP) is 4.82. The summed E-state index contributed by atoms with van der Waals surface area (Å²) in [5.74, 6) is 0.0639. The molecule has 3 aliphatic rings. The molecular formula is C31H37N3O5. The monoisotopic (exact) mass is 531 g/mol. The molecule has 1 heterocycles. The fourth-order valence-corrected chi connectivity index (χ4v) is 6.06. The number of methoxy groups -OCH3 is 1. The van der Waals surface area contributed by atoms with Gasteiger partial charge in [0.15, 0.2) is 6.61 Å². The summed E-state index contributed by atoms with van der Waals surface area (Å²) in [4.78, 5) is 38.3. The second-order valence-corrected chi connectivity index (χ2v) is 11.2. The molecule has 1 fully saturated rings. The molecule has 39 heavy (non-hydrogen) atoms. The lowest BCUT2D eigenvalue weighted by atomic mass is 9.83. The maximum absolute atomic E-state index is 13.8. The van der Waals surface area contributed by atoms with Gasteiger partial charge in [0, 0.05) is 11.6 Å². The summed E-state index contributed by atoms with van der Waals surface area (Å²) in [5.41, 5.74) is 4.82. The maximum atomic E-state index is 13.8. The van der Waals surface area contributed by atoms with Crippen LogP contribution >= 0.6 is 0 Å².